The zero-order valence-corrected chi connectivity index (χ0v) is 10.8. The summed E-state index contributed by atoms with van der Waals surface area (Å²) >= 11 is 1.71. The summed E-state index contributed by atoms with van der Waals surface area (Å²) in [7, 11) is 0. The van der Waals surface area contributed by atoms with E-state index in [-0.39, 0.29) is 24.7 Å². The molecule has 1 aromatic heterocycles. The van der Waals surface area contributed by atoms with Gasteiger partial charge in [-0.05, 0) is 31.7 Å². The minimum atomic E-state index is -0.190. The van der Waals surface area contributed by atoms with Gasteiger partial charge in [-0.1, -0.05) is 13.0 Å². The second-order valence-electron chi connectivity index (χ2n) is 3.90. The van der Waals surface area contributed by atoms with Crippen molar-refractivity contribution >= 4 is 17.3 Å². The van der Waals surface area contributed by atoms with E-state index >= 15 is 0 Å². The lowest BCUT2D eigenvalue weighted by atomic mass is 10.2. The van der Waals surface area contributed by atoms with Gasteiger partial charge in [0.25, 0.3) is 0 Å². The number of thiophene rings is 1. The van der Waals surface area contributed by atoms with E-state index in [0.29, 0.717) is 0 Å². The summed E-state index contributed by atoms with van der Waals surface area (Å²) in [4.78, 5) is 12.6. The molecule has 1 heterocycles. The van der Waals surface area contributed by atoms with Crippen LogP contribution in [0.4, 0.5) is 0 Å². The molecule has 0 saturated carbocycles. The van der Waals surface area contributed by atoms with Crippen LogP contribution in [0.25, 0.3) is 0 Å². The third kappa shape index (κ3) is 4.33. The van der Waals surface area contributed by atoms with Gasteiger partial charge in [-0.25, -0.2) is 0 Å². The Morgan fingerprint density at radius 2 is 2.31 bits per heavy atom. The topological polar surface area (TPSA) is 38.3 Å². The molecule has 1 rings (SSSR count). The highest BCUT2D eigenvalue weighted by molar-refractivity contribution is 7.10. The first kappa shape index (κ1) is 13.2. The monoisotopic (exact) mass is 241 g/mol. The van der Waals surface area contributed by atoms with E-state index in [4.69, 9.17) is 4.74 Å². The number of carbonyl (C=O) groups excluding carboxylic acids is 1. The highest BCUT2D eigenvalue weighted by Gasteiger charge is 2.12. The average molecular weight is 241 g/mol. The quantitative estimate of drug-likeness (QED) is 0.778. The second kappa shape index (κ2) is 6.66. The molecular formula is C12H19NO2S. The first-order chi connectivity index (χ1) is 7.63. The molecule has 3 nitrogen and oxygen atoms in total. The first-order valence-electron chi connectivity index (χ1n) is 5.59. The molecule has 16 heavy (non-hydrogen) atoms. The second-order valence-corrected chi connectivity index (χ2v) is 4.88. The lowest BCUT2D eigenvalue weighted by Crippen LogP contribution is -2.29. The van der Waals surface area contributed by atoms with Gasteiger partial charge >= 0.3 is 5.97 Å². The Kier molecular flexibility index (Phi) is 5.49. The Morgan fingerprint density at radius 1 is 1.56 bits per heavy atom. The molecule has 0 bridgehead atoms. The molecule has 0 radical (unpaired) electrons. The highest BCUT2D eigenvalue weighted by Crippen LogP contribution is 2.21. The number of hydrogen-bond acceptors (Lipinski definition) is 4. The van der Waals surface area contributed by atoms with Gasteiger partial charge in [-0.15, -0.1) is 11.3 Å². The standard InChI is InChI=1S/C12H19NO2S/c1-4-10(11-6-5-7-16-11)13-8-12(14)15-9(2)3/h5-7,9-10,13H,4,8H2,1-3H3. The SMILES string of the molecule is CCC(NCC(=O)OC(C)C)c1cccs1. The molecule has 0 spiro atoms. The summed E-state index contributed by atoms with van der Waals surface area (Å²) in [5.74, 6) is -0.190. The summed E-state index contributed by atoms with van der Waals surface area (Å²) in [6, 6.07) is 4.36. The van der Waals surface area contributed by atoms with Gasteiger partial charge in [-0.3, -0.25) is 10.1 Å². The van der Waals surface area contributed by atoms with E-state index in [1.165, 1.54) is 4.88 Å². The fraction of sp³-hybridized carbons (Fsp3) is 0.583. The van der Waals surface area contributed by atoms with Crippen LogP contribution in [0.15, 0.2) is 17.5 Å². The number of carbonyl (C=O) groups is 1. The first-order valence-corrected chi connectivity index (χ1v) is 6.47. The molecule has 1 atom stereocenters. The number of ether oxygens (including phenoxy) is 1. The van der Waals surface area contributed by atoms with E-state index in [0.717, 1.165) is 6.42 Å². The van der Waals surface area contributed by atoms with Crippen LogP contribution in [0.3, 0.4) is 0 Å². The molecule has 1 N–H and O–H groups in total. The van der Waals surface area contributed by atoms with Crippen molar-refractivity contribution in [3.05, 3.63) is 22.4 Å². The summed E-state index contributed by atoms with van der Waals surface area (Å²) in [6.07, 6.45) is 0.922. The van der Waals surface area contributed by atoms with Crippen LogP contribution in [-0.4, -0.2) is 18.6 Å². The van der Waals surface area contributed by atoms with Gasteiger partial charge < -0.3 is 4.74 Å². The zero-order valence-electron chi connectivity index (χ0n) is 10.0. The summed E-state index contributed by atoms with van der Waals surface area (Å²) in [5.41, 5.74) is 0. The van der Waals surface area contributed by atoms with Crippen molar-refractivity contribution in [2.24, 2.45) is 0 Å². The maximum atomic E-state index is 11.4. The Bertz CT molecular complexity index is 309. The number of hydrogen-bond donors (Lipinski definition) is 1. The highest BCUT2D eigenvalue weighted by atomic mass is 32.1. The lowest BCUT2D eigenvalue weighted by Gasteiger charge is -2.15. The maximum Gasteiger partial charge on any atom is 0.320 e. The fourth-order valence-corrected chi connectivity index (χ4v) is 2.33. The lowest BCUT2D eigenvalue weighted by molar-refractivity contribution is -0.146. The van der Waals surface area contributed by atoms with Crippen LogP contribution in [0.2, 0.25) is 0 Å². The summed E-state index contributed by atoms with van der Waals surface area (Å²) in [6.45, 7) is 6.09. The van der Waals surface area contributed by atoms with Crippen LogP contribution < -0.4 is 5.32 Å². The van der Waals surface area contributed by atoms with Gasteiger partial charge in [0.05, 0.1) is 12.6 Å². The Hall–Kier alpha value is -0.870. The molecule has 90 valence electrons. The van der Waals surface area contributed by atoms with Crippen molar-refractivity contribution in [1.29, 1.82) is 0 Å². The van der Waals surface area contributed by atoms with Crippen molar-refractivity contribution in [3.63, 3.8) is 0 Å². The predicted molar refractivity (Wildman–Crippen MR) is 66.6 cm³/mol. The molecular weight excluding hydrogens is 222 g/mol. The van der Waals surface area contributed by atoms with Gasteiger partial charge in [0.15, 0.2) is 0 Å². The summed E-state index contributed by atoms with van der Waals surface area (Å²) < 4.78 is 5.06. The normalized spacial score (nSPS) is 12.8. The van der Waals surface area contributed by atoms with Crippen molar-refractivity contribution < 1.29 is 9.53 Å². The molecule has 0 saturated heterocycles. The van der Waals surface area contributed by atoms with Crippen LogP contribution in [0, 0.1) is 0 Å². The average Bonchev–Trinajstić information content (AvgIpc) is 2.71. The van der Waals surface area contributed by atoms with E-state index < -0.39 is 0 Å². The van der Waals surface area contributed by atoms with E-state index in [1.807, 2.05) is 25.3 Å². The Labute approximate surface area is 101 Å². The molecule has 0 aliphatic rings. The van der Waals surface area contributed by atoms with Gasteiger partial charge in [-0.2, -0.15) is 0 Å². The molecule has 1 unspecified atom stereocenters. The minimum Gasteiger partial charge on any atom is -0.462 e. The molecule has 0 amide bonds. The molecule has 0 aliphatic heterocycles. The van der Waals surface area contributed by atoms with Crippen molar-refractivity contribution in [2.45, 2.75) is 39.3 Å². The largest absolute Gasteiger partial charge is 0.462 e. The number of rotatable bonds is 6. The maximum absolute atomic E-state index is 11.4. The van der Waals surface area contributed by atoms with Gasteiger partial charge in [0, 0.05) is 10.9 Å². The zero-order chi connectivity index (χ0) is 12.0. The van der Waals surface area contributed by atoms with Crippen LogP contribution >= 0.6 is 11.3 Å². The smallest absolute Gasteiger partial charge is 0.320 e. The fourth-order valence-electron chi connectivity index (χ4n) is 1.45. The Morgan fingerprint density at radius 3 is 2.81 bits per heavy atom. The van der Waals surface area contributed by atoms with E-state index in [1.54, 1.807) is 11.3 Å². The van der Waals surface area contributed by atoms with Gasteiger partial charge in [0.1, 0.15) is 0 Å². The van der Waals surface area contributed by atoms with Crippen LogP contribution in [0.1, 0.15) is 38.1 Å². The molecule has 1 aromatic rings. The van der Waals surface area contributed by atoms with Crippen molar-refractivity contribution in [2.75, 3.05) is 6.54 Å². The third-order valence-electron chi connectivity index (χ3n) is 2.15. The number of esters is 1. The van der Waals surface area contributed by atoms with Gasteiger partial charge in [0.2, 0.25) is 0 Å². The van der Waals surface area contributed by atoms with Crippen molar-refractivity contribution in [3.8, 4) is 0 Å². The third-order valence-corrected chi connectivity index (χ3v) is 3.14. The molecule has 4 heteroatoms. The molecule has 0 fully saturated rings. The van der Waals surface area contributed by atoms with E-state index in [2.05, 4.69) is 18.3 Å². The summed E-state index contributed by atoms with van der Waals surface area (Å²) in [5, 5.41) is 5.26. The number of nitrogens with one attached hydrogen (secondary N) is 1. The predicted octanol–water partition coefficient (Wildman–Crippen LogP) is 2.74. The molecule has 0 aliphatic carbocycles. The van der Waals surface area contributed by atoms with Crippen molar-refractivity contribution in [1.82, 2.24) is 5.32 Å². The Balaban J connectivity index is 2.38. The van der Waals surface area contributed by atoms with E-state index in [9.17, 15) is 4.79 Å². The minimum absolute atomic E-state index is 0.0453. The van der Waals surface area contributed by atoms with Crippen LogP contribution in [-0.2, 0) is 9.53 Å². The van der Waals surface area contributed by atoms with Crippen LogP contribution in [0.5, 0.6) is 0 Å². The molecule has 0 aromatic carbocycles.